The fourth-order valence-corrected chi connectivity index (χ4v) is 2.62. The highest BCUT2D eigenvalue weighted by Gasteiger charge is 2.13. The van der Waals surface area contributed by atoms with E-state index < -0.39 is 5.97 Å². The lowest BCUT2D eigenvalue weighted by Gasteiger charge is -2.12. The van der Waals surface area contributed by atoms with Crippen molar-refractivity contribution in [1.82, 2.24) is 0 Å². The van der Waals surface area contributed by atoms with Crippen molar-refractivity contribution in [2.45, 2.75) is 51.4 Å². The quantitative estimate of drug-likeness (QED) is 0.843. The summed E-state index contributed by atoms with van der Waals surface area (Å²) in [6.45, 7) is 2.19. The van der Waals surface area contributed by atoms with E-state index in [1.807, 2.05) is 0 Å². The highest BCUT2D eigenvalue weighted by Crippen LogP contribution is 2.28. The van der Waals surface area contributed by atoms with E-state index in [0.29, 0.717) is 5.92 Å². The summed E-state index contributed by atoms with van der Waals surface area (Å²) >= 11 is 0. The van der Waals surface area contributed by atoms with Crippen LogP contribution in [0.3, 0.4) is 0 Å². The van der Waals surface area contributed by atoms with Gasteiger partial charge in [-0.2, -0.15) is 0 Å². The number of carbonyl (C=O) groups is 1. The number of aryl methyl sites for hydroxylation is 2. The van der Waals surface area contributed by atoms with E-state index >= 15 is 0 Å². The van der Waals surface area contributed by atoms with Gasteiger partial charge in [0.15, 0.2) is 0 Å². The summed E-state index contributed by atoms with van der Waals surface area (Å²) in [7, 11) is 0. The zero-order chi connectivity index (χ0) is 12.3. The molecule has 2 rings (SSSR count). The Morgan fingerprint density at radius 1 is 1.35 bits per heavy atom. The highest BCUT2D eigenvalue weighted by atomic mass is 16.4. The summed E-state index contributed by atoms with van der Waals surface area (Å²) in [6, 6.07) is 6.80. The van der Waals surface area contributed by atoms with Gasteiger partial charge < -0.3 is 5.11 Å². The molecule has 1 aliphatic rings. The Labute approximate surface area is 103 Å². The molecule has 1 aromatic carbocycles. The molecular weight excluding hydrogens is 212 g/mol. The van der Waals surface area contributed by atoms with Gasteiger partial charge in [0.05, 0.1) is 0 Å². The summed E-state index contributed by atoms with van der Waals surface area (Å²) in [5.41, 5.74) is 4.38. The summed E-state index contributed by atoms with van der Waals surface area (Å²) in [6.07, 6.45) is 5.74. The first kappa shape index (κ1) is 12.2. The van der Waals surface area contributed by atoms with Crippen LogP contribution in [0.15, 0.2) is 18.2 Å². The maximum absolute atomic E-state index is 10.5. The monoisotopic (exact) mass is 232 g/mol. The maximum Gasteiger partial charge on any atom is 0.303 e. The molecule has 1 atom stereocenters. The van der Waals surface area contributed by atoms with Gasteiger partial charge in [0, 0.05) is 6.42 Å². The predicted molar refractivity (Wildman–Crippen MR) is 68.4 cm³/mol. The number of hydrogen-bond donors (Lipinski definition) is 1. The second-order valence-electron chi connectivity index (χ2n) is 5.07. The van der Waals surface area contributed by atoms with Gasteiger partial charge in [-0.15, -0.1) is 0 Å². The minimum Gasteiger partial charge on any atom is -0.481 e. The molecule has 1 N–H and O–H groups in total. The van der Waals surface area contributed by atoms with Gasteiger partial charge in [-0.3, -0.25) is 4.79 Å². The topological polar surface area (TPSA) is 37.3 Å². The zero-order valence-corrected chi connectivity index (χ0v) is 10.4. The van der Waals surface area contributed by atoms with E-state index in [9.17, 15) is 4.79 Å². The number of carboxylic acids is 1. The van der Waals surface area contributed by atoms with Gasteiger partial charge in [-0.05, 0) is 54.7 Å². The highest BCUT2D eigenvalue weighted by molar-refractivity contribution is 5.66. The van der Waals surface area contributed by atoms with Crippen LogP contribution in [0.25, 0.3) is 0 Å². The first-order valence-corrected chi connectivity index (χ1v) is 6.50. The molecule has 0 aliphatic heterocycles. The van der Waals surface area contributed by atoms with Crippen molar-refractivity contribution in [1.29, 1.82) is 0 Å². The van der Waals surface area contributed by atoms with E-state index in [-0.39, 0.29) is 6.42 Å². The van der Waals surface area contributed by atoms with Crippen LogP contribution < -0.4 is 0 Å². The lowest BCUT2D eigenvalue weighted by atomic mass is 9.93. The summed E-state index contributed by atoms with van der Waals surface area (Å²) in [5, 5.41) is 8.62. The largest absolute Gasteiger partial charge is 0.481 e. The number of rotatable bonds is 5. The molecule has 0 aromatic heterocycles. The molecule has 17 heavy (non-hydrogen) atoms. The zero-order valence-electron chi connectivity index (χ0n) is 10.4. The number of benzene rings is 1. The molecule has 0 heterocycles. The van der Waals surface area contributed by atoms with Crippen LogP contribution in [0.2, 0.25) is 0 Å². The van der Waals surface area contributed by atoms with Crippen molar-refractivity contribution < 1.29 is 9.90 Å². The molecule has 1 unspecified atom stereocenters. The molecule has 1 aliphatic carbocycles. The Morgan fingerprint density at radius 2 is 2.12 bits per heavy atom. The Bertz CT molecular complexity index is 409. The lowest BCUT2D eigenvalue weighted by molar-refractivity contribution is -0.137. The SMILES string of the molecule is CC(CCCC(=O)O)c1ccc2c(c1)CCC2. The molecule has 0 spiro atoms. The van der Waals surface area contributed by atoms with Crippen molar-refractivity contribution >= 4 is 5.97 Å². The number of fused-ring (bicyclic) bond motifs is 1. The summed E-state index contributed by atoms with van der Waals surface area (Å²) in [4.78, 5) is 10.5. The van der Waals surface area contributed by atoms with Crippen LogP contribution in [0.5, 0.6) is 0 Å². The fraction of sp³-hybridized carbons (Fsp3) is 0.533. The van der Waals surface area contributed by atoms with Gasteiger partial charge in [-0.1, -0.05) is 25.1 Å². The van der Waals surface area contributed by atoms with Crippen molar-refractivity contribution in [2.24, 2.45) is 0 Å². The van der Waals surface area contributed by atoms with Gasteiger partial charge in [0.1, 0.15) is 0 Å². The second-order valence-corrected chi connectivity index (χ2v) is 5.07. The third kappa shape index (κ3) is 3.09. The molecule has 2 nitrogen and oxygen atoms in total. The Hall–Kier alpha value is -1.31. The number of hydrogen-bond acceptors (Lipinski definition) is 1. The van der Waals surface area contributed by atoms with E-state index in [1.165, 1.54) is 36.0 Å². The minimum atomic E-state index is -0.689. The van der Waals surface area contributed by atoms with Crippen LogP contribution in [-0.2, 0) is 17.6 Å². The molecular formula is C15H20O2. The van der Waals surface area contributed by atoms with Crippen LogP contribution >= 0.6 is 0 Å². The molecule has 0 fully saturated rings. The average molecular weight is 232 g/mol. The standard InChI is InChI=1S/C15H20O2/c1-11(4-2-7-15(16)17)13-9-8-12-5-3-6-14(12)10-13/h8-11H,2-7H2,1H3,(H,16,17). The third-order valence-electron chi connectivity index (χ3n) is 3.72. The normalized spacial score (nSPS) is 15.6. The fourth-order valence-electron chi connectivity index (χ4n) is 2.62. The molecule has 92 valence electrons. The smallest absolute Gasteiger partial charge is 0.303 e. The van der Waals surface area contributed by atoms with Gasteiger partial charge in [-0.25, -0.2) is 0 Å². The molecule has 2 heteroatoms. The molecule has 0 radical (unpaired) electrons. The Morgan fingerprint density at radius 3 is 2.88 bits per heavy atom. The third-order valence-corrected chi connectivity index (χ3v) is 3.72. The molecule has 0 amide bonds. The molecule has 0 saturated carbocycles. The first-order valence-electron chi connectivity index (χ1n) is 6.50. The van der Waals surface area contributed by atoms with E-state index in [4.69, 9.17) is 5.11 Å². The maximum atomic E-state index is 10.5. The van der Waals surface area contributed by atoms with E-state index in [2.05, 4.69) is 25.1 Å². The van der Waals surface area contributed by atoms with Gasteiger partial charge >= 0.3 is 5.97 Å². The van der Waals surface area contributed by atoms with E-state index in [0.717, 1.165) is 12.8 Å². The van der Waals surface area contributed by atoms with E-state index in [1.54, 1.807) is 0 Å². The van der Waals surface area contributed by atoms with Crippen LogP contribution in [0.4, 0.5) is 0 Å². The summed E-state index contributed by atoms with van der Waals surface area (Å²) in [5.74, 6) is -0.216. The molecule has 0 saturated heterocycles. The summed E-state index contributed by atoms with van der Waals surface area (Å²) < 4.78 is 0. The van der Waals surface area contributed by atoms with Crippen LogP contribution in [-0.4, -0.2) is 11.1 Å². The van der Waals surface area contributed by atoms with Gasteiger partial charge in [0.2, 0.25) is 0 Å². The van der Waals surface area contributed by atoms with Crippen LogP contribution in [0.1, 0.15) is 55.2 Å². The first-order chi connectivity index (χ1) is 8.16. The predicted octanol–water partition coefficient (Wildman–Crippen LogP) is 3.53. The number of aliphatic carboxylic acids is 1. The van der Waals surface area contributed by atoms with Crippen molar-refractivity contribution in [3.8, 4) is 0 Å². The Kier molecular flexibility index (Phi) is 3.82. The lowest BCUT2D eigenvalue weighted by Crippen LogP contribution is -1.99. The second kappa shape index (κ2) is 5.35. The van der Waals surface area contributed by atoms with Gasteiger partial charge in [0.25, 0.3) is 0 Å². The van der Waals surface area contributed by atoms with Crippen molar-refractivity contribution in [2.75, 3.05) is 0 Å². The molecule has 1 aromatic rings. The Balaban J connectivity index is 1.95. The number of carboxylic acid groups (broad SMARTS) is 1. The average Bonchev–Trinajstić information content (AvgIpc) is 2.75. The minimum absolute atomic E-state index is 0.287. The van der Waals surface area contributed by atoms with Crippen molar-refractivity contribution in [3.63, 3.8) is 0 Å². The molecule has 0 bridgehead atoms. The van der Waals surface area contributed by atoms with Crippen molar-refractivity contribution in [3.05, 3.63) is 34.9 Å². The van der Waals surface area contributed by atoms with Crippen LogP contribution in [0, 0.1) is 0 Å².